The number of nitrogens with zero attached hydrogens (tertiary/aromatic N) is 2. The van der Waals surface area contributed by atoms with Gasteiger partial charge in [-0.15, -0.1) is 0 Å². The van der Waals surface area contributed by atoms with Crippen LogP contribution in [0, 0.1) is 5.92 Å². The summed E-state index contributed by atoms with van der Waals surface area (Å²) in [5.41, 5.74) is 0.347. The van der Waals surface area contributed by atoms with Crippen molar-refractivity contribution in [2.75, 3.05) is 10.2 Å². The van der Waals surface area contributed by atoms with Crippen molar-refractivity contribution in [1.82, 2.24) is 4.57 Å². The van der Waals surface area contributed by atoms with Gasteiger partial charge < -0.3 is 5.32 Å². The first-order valence-corrected chi connectivity index (χ1v) is 14.1. The predicted molar refractivity (Wildman–Crippen MR) is 151 cm³/mol. The van der Waals surface area contributed by atoms with Crippen LogP contribution in [0.15, 0.2) is 76.6 Å². The third-order valence-corrected chi connectivity index (χ3v) is 10.2. The molecule has 3 aromatic carbocycles. The lowest BCUT2D eigenvalue weighted by atomic mass is 9.76. The Kier molecular flexibility index (Phi) is 5.97. The number of hydrogen-bond acceptors (Lipinski definition) is 6. The molecule has 0 saturated carbocycles. The first-order valence-electron chi connectivity index (χ1n) is 12.0. The molecule has 0 unspecified atom stereocenters. The van der Waals surface area contributed by atoms with E-state index in [-0.39, 0.29) is 29.1 Å². The second kappa shape index (κ2) is 9.11. The smallest absolute Gasteiger partial charge is 0.308 e. The number of carbonyl (C=O) groups is 3. The fraction of sp³-hybridized carbons (Fsp3) is 0.214. The molecule has 7 nitrogen and oxygen atoms in total. The van der Waals surface area contributed by atoms with E-state index in [1.165, 1.54) is 21.2 Å². The first kappa shape index (κ1) is 24.9. The van der Waals surface area contributed by atoms with Gasteiger partial charge >= 0.3 is 4.87 Å². The molecule has 0 radical (unpaired) electrons. The molecule has 2 aliphatic rings. The van der Waals surface area contributed by atoms with Crippen LogP contribution in [0.2, 0.25) is 5.02 Å². The molecular formula is C28H22ClN3O4S2. The number of hydrogen-bond donors (Lipinski definition) is 1. The molecule has 10 heteroatoms. The number of rotatable bonds is 4. The van der Waals surface area contributed by atoms with E-state index in [9.17, 15) is 19.2 Å². The molecule has 1 fully saturated rings. The highest BCUT2D eigenvalue weighted by atomic mass is 35.5. The Labute approximate surface area is 231 Å². The third-order valence-electron chi connectivity index (χ3n) is 7.15. The zero-order valence-electron chi connectivity index (χ0n) is 20.4. The third kappa shape index (κ3) is 3.88. The molecule has 3 heterocycles. The summed E-state index contributed by atoms with van der Waals surface area (Å²) in [5.74, 6) is -1.62. The highest BCUT2D eigenvalue weighted by Crippen LogP contribution is 2.54. The number of carbonyl (C=O) groups excluding carboxylic acids is 3. The zero-order valence-corrected chi connectivity index (χ0v) is 22.8. The Morgan fingerprint density at radius 2 is 1.68 bits per heavy atom. The van der Waals surface area contributed by atoms with E-state index in [0.29, 0.717) is 26.3 Å². The van der Waals surface area contributed by atoms with Gasteiger partial charge in [0.05, 0.1) is 16.6 Å². The van der Waals surface area contributed by atoms with Gasteiger partial charge in [0.25, 0.3) is 0 Å². The number of aromatic nitrogens is 1. The molecule has 2 aliphatic heterocycles. The van der Waals surface area contributed by atoms with Crippen molar-refractivity contribution in [3.63, 3.8) is 0 Å². The minimum Gasteiger partial charge on any atom is -0.324 e. The van der Waals surface area contributed by atoms with Gasteiger partial charge in [-0.25, -0.2) is 4.90 Å². The zero-order chi connectivity index (χ0) is 26.8. The van der Waals surface area contributed by atoms with Gasteiger partial charge in [-0.05, 0) is 35.7 Å². The number of nitrogens with one attached hydrogen (secondary N) is 1. The number of fused-ring (bicyclic) bond motifs is 3. The Hall–Kier alpha value is -3.40. The van der Waals surface area contributed by atoms with Crippen LogP contribution in [0.3, 0.4) is 0 Å². The summed E-state index contributed by atoms with van der Waals surface area (Å²) in [4.78, 5) is 54.9. The molecule has 38 heavy (non-hydrogen) atoms. The summed E-state index contributed by atoms with van der Waals surface area (Å²) in [6.07, 6.45) is 0. The summed E-state index contributed by atoms with van der Waals surface area (Å²) in [6.45, 7) is 3.57. The van der Waals surface area contributed by atoms with E-state index in [4.69, 9.17) is 11.6 Å². The van der Waals surface area contributed by atoms with Gasteiger partial charge in [-0.2, -0.15) is 0 Å². The van der Waals surface area contributed by atoms with Crippen LogP contribution in [0.5, 0.6) is 0 Å². The van der Waals surface area contributed by atoms with Gasteiger partial charge in [0, 0.05) is 26.4 Å². The normalized spacial score (nSPS) is 19.9. The van der Waals surface area contributed by atoms with Crippen molar-refractivity contribution in [1.29, 1.82) is 0 Å². The van der Waals surface area contributed by atoms with Crippen LogP contribution in [0.4, 0.5) is 11.4 Å². The molecule has 1 aromatic heterocycles. The highest BCUT2D eigenvalue weighted by Gasteiger charge is 2.59. The van der Waals surface area contributed by atoms with Gasteiger partial charge in [0.2, 0.25) is 17.7 Å². The lowest BCUT2D eigenvalue weighted by Crippen LogP contribution is -2.41. The molecule has 0 spiro atoms. The van der Waals surface area contributed by atoms with Crippen molar-refractivity contribution in [3.05, 3.63) is 86.3 Å². The van der Waals surface area contributed by atoms with E-state index in [0.717, 1.165) is 22.1 Å². The monoisotopic (exact) mass is 563 g/mol. The maximum absolute atomic E-state index is 13.6. The number of halogens is 1. The van der Waals surface area contributed by atoms with Gasteiger partial charge in [0.15, 0.2) is 0 Å². The molecule has 4 aromatic rings. The molecule has 192 valence electrons. The van der Waals surface area contributed by atoms with Crippen molar-refractivity contribution >= 4 is 74.6 Å². The van der Waals surface area contributed by atoms with Crippen molar-refractivity contribution in [2.45, 2.75) is 36.1 Å². The Morgan fingerprint density at radius 3 is 2.45 bits per heavy atom. The maximum Gasteiger partial charge on any atom is 0.308 e. The highest BCUT2D eigenvalue weighted by molar-refractivity contribution is 8.00. The predicted octanol–water partition coefficient (Wildman–Crippen LogP) is 5.30. The summed E-state index contributed by atoms with van der Waals surface area (Å²) >= 11 is 8.23. The molecular weight excluding hydrogens is 542 g/mol. The van der Waals surface area contributed by atoms with Crippen molar-refractivity contribution in [2.24, 2.45) is 5.92 Å². The van der Waals surface area contributed by atoms with Gasteiger partial charge in [-0.1, -0.05) is 84.9 Å². The Morgan fingerprint density at radius 1 is 0.974 bits per heavy atom. The van der Waals surface area contributed by atoms with E-state index < -0.39 is 16.6 Å². The number of amides is 3. The molecule has 6 rings (SSSR count). The van der Waals surface area contributed by atoms with Crippen LogP contribution >= 0.6 is 34.7 Å². The van der Waals surface area contributed by atoms with E-state index in [1.54, 1.807) is 24.3 Å². The van der Waals surface area contributed by atoms with E-state index >= 15 is 0 Å². The first-order chi connectivity index (χ1) is 18.2. The van der Waals surface area contributed by atoms with Crippen LogP contribution in [0.1, 0.15) is 18.7 Å². The SMILES string of the molecule is CC1(C)c2sc(=O)n(CC(=O)Nc3cccc4ccccc34)c2S[C@@H]2C(=O)N(c3ccc(Cl)cc3)C(=O)[C@@H]21. The summed E-state index contributed by atoms with van der Waals surface area (Å²) < 4.78 is 1.42. The lowest BCUT2D eigenvalue weighted by molar-refractivity contribution is -0.123. The minimum atomic E-state index is -0.777. The topological polar surface area (TPSA) is 88.5 Å². The Bertz CT molecular complexity index is 1690. The van der Waals surface area contributed by atoms with Crippen molar-refractivity contribution < 1.29 is 14.4 Å². The van der Waals surface area contributed by atoms with Crippen LogP contribution < -0.4 is 15.1 Å². The quantitative estimate of drug-likeness (QED) is 0.341. The van der Waals surface area contributed by atoms with Crippen LogP contribution in [0.25, 0.3) is 10.8 Å². The molecule has 1 N–H and O–H groups in total. The summed E-state index contributed by atoms with van der Waals surface area (Å²) in [5, 5.41) is 5.19. The van der Waals surface area contributed by atoms with Crippen LogP contribution in [-0.4, -0.2) is 27.5 Å². The fourth-order valence-corrected chi connectivity index (χ4v) is 8.44. The molecule has 0 aliphatic carbocycles. The van der Waals surface area contributed by atoms with Crippen molar-refractivity contribution in [3.8, 4) is 0 Å². The summed E-state index contributed by atoms with van der Waals surface area (Å²) in [6, 6.07) is 20.0. The number of imide groups is 1. The fourth-order valence-electron chi connectivity index (χ4n) is 5.28. The number of thiazole rings is 1. The van der Waals surface area contributed by atoms with Gasteiger partial charge in [-0.3, -0.25) is 23.7 Å². The second-order valence-electron chi connectivity index (χ2n) is 9.89. The number of thioether (sulfide) groups is 1. The van der Waals surface area contributed by atoms with E-state index in [1.807, 2.05) is 56.3 Å². The van der Waals surface area contributed by atoms with Crippen LogP contribution in [-0.2, 0) is 26.3 Å². The molecule has 2 atom stereocenters. The van der Waals surface area contributed by atoms with E-state index in [2.05, 4.69) is 5.32 Å². The van der Waals surface area contributed by atoms with Gasteiger partial charge in [0.1, 0.15) is 11.8 Å². The standard InChI is InChI=1S/C28H22ClN3O4S2/c1-28(2)21-22(25(35)32(24(21)34)17-12-10-16(29)11-13-17)37-26-23(28)38-27(36)31(26)14-20(33)30-19-9-5-7-15-6-3-4-8-18(15)19/h3-13,21-22H,14H2,1-2H3,(H,30,33)/t21-,22+/m1/s1. The average Bonchev–Trinajstić information content (AvgIpc) is 3.34. The molecule has 3 amide bonds. The molecule has 1 saturated heterocycles. The average molecular weight is 564 g/mol. The number of anilines is 2. The minimum absolute atomic E-state index is 0.197. The summed E-state index contributed by atoms with van der Waals surface area (Å²) in [7, 11) is 0. The number of benzene rings is 3. The second-order valence-corrected chi connectivity index (χ2v) is 12.4. The maximum atomic E-state index is 13.6. The molecule has 0 bridgehead atoms. The largest absolute Gasteiger partial charge is 0.324 e. The lowest BCUT2D eigenvalue weighted by Gasteiger charge is -2.36. The Balaban J connectivity index is 1.32.